The lowest BCUT2D eigenvalue weighted by atomic mass is 9.94. The number of carbonyl (C=O) groups is 1. The van der Waals surface area contributed by atoms with Crippen LogP contribution < -0.4 is 4.74 Å². The number of methoxy groups -OCH3 is 1. The van der Waals surface area contributed by atoms with Crippen LogP contribution in [-0.2, 0) is 9.53 Å². The number of esters is 1. The zero-order valence-electron chi connectivity index (χ0n) is 13.8. The maximum atomic E-state index is 12.3. The van der Waals surface area contributed by atoms with Crippen molar-refractivity contribution >= 4 is 17.6 Å². The van der Waals surface area contributed by atoms with Crippen LogP contribution in [0, 0.1) is 5.92 Å². The molecular weight excluding hydrogens is 300 g/mol. The van der Waals surface area contributed by atoms with Crippen LogP contribution in [0.5, 0.6) is 5.75 Å². The van der Waals surface area contributed by atoms with E-state index in [2.05, 4.69) is 0 Å². The molecule has 1 aliphatic heterocycles. The summed E-state index contributed by atoms with van der Waals surface area (Å²) < 4.78 is 11.0. The van der Waals surface area contributed by atoms with Gasteiger partial charge in [-0.05, 0) is 30.2 Å². The molecule has 2 aromatic carbocycles. The van der Waals surface area contributed by atoms with Crippen LogP contribution in [0.25, 0.3) is 11.6 Å². The van der Waals surface area contributed by atoms with E-state index in [0.717, 1.165) is 22.4 Å². The molecule has 0 spiro atoms. The minimum absolute atomic E-state index is 0.310. The summed E-state index contributed by atoms with van der Waals surface area (Å²) >= 11 is 0. The van der Waals surface area contributed by atoms with Gasteiger partial charge in [0.25, 0.3) is 0 Å². The van der Waals surface area contributed by atoms with Crippen molar-refractivity contribution in [2.75, 3.05) is 7.11 Å². The topological polar surface area (TPSA) is 35.5 Å². The van der Waals surface area contributed by atoms with E-state index in [9.17, 15) is 4.79 Å². The minimum atomic E-state index is -0.501. The van der Waals surface area contributed by atoms with Gasteiger partial charge in [0.05, 0.1) is 7.11 Å². The van der Waals surface area contributed by atoms with E-state index >= 15 is 0 Å². The van der Waals surface area contributed by atoms with Crippen molar-refractivity contribution in [2.24, 2.45) is 5.92 Å². The maximum Gasteiger partial charge on any atom is 0.316 e. The van der Waals surface area contributed by atoms with E-state index in [-0.39, 0.29) is 12.1 Å². The number of para-hydroxylation sites is 1. The number of benzene rings is 2. The van der Waals surface area contributed by atoms with Gasteiger partial charge in [0, 0.05) is 5.56 Å². The Balaban J connectivity index is 1.89. The summed E-state index contributed by atoms with van der Waals surface area (Å²) in [5, 5.41) is 0. The van der Waals surface area contributed by atoms with Gasteiger partial charge in [-0.15, -0.1) is 0 Å². The first kappa shape index (κ1) is 16.1. The smallest absolute Gasteiger partial charge is 0.316 e. The predicted molar refractivity (Wildman–Crippen MR) is 95.5 cm³/mol. The number of ether oxygens (including phenoxy) is 2. The van der Waals surface area contributed by atoms with E-state index in [4.69, 9.17) is 9.47 Å². The largest absolute Gasteiger partial charge is 0.484 e. The summed E-state index contributed by atoms with van der Waals surface area (Å²) in [5.41, 5.74) is 3.19. The zero-order chi connectivity index (χ0) is 16.9. The molecule has 0 saturated carbocycles. The number of hydrogen-bond acceptors (Lipinski definition) is 3. The van der Waals surface area contributed by atoms with E-state index in [1.807, 2.05) is 79.7 Å². The second kappa shape index (κ2) is 7.18. The molecule has 3 nitrogen and oxygen atoms in total. The molecule has 0 N–H and O–H groups in total. The molecule has 2 aromatic rings. The van der Waals surface area contributed by atoms with Gasteiger partial charge < -0.3 is 9.47 Å². The third-order valence-electron chi connectivity index (χ3n) is 4.11. The van der Waals surface area contributed by atoms with Crippen molar-refractivity contribution in [3.8, 4) is 5.75 Å². The van der Waals surface area contributed by atoms with Crippen LogP contribution in [0.4, 0.5) is 0 Å². The fourth-order valence-electron chi connectivity index (χ4n) is 2.83. The van der Waals surface area contributed by atoms with Crippen molar-refractivity contribution in [1.82, 2.24) is 0 Å². The first-order chi connectivity index (χ1) is 11.7. The predicted octanol–water partition coefficient (Wildman–Crippen LogP) is 4.35. The van der Waals surface area contributed by atoms with Gasteiger partial charge >= 0.3 is 5.97 Å². The van der Waals surface area contributed by atoms with Gasteiger partial charge in [-0.25, -0.2) is 0 Å². The normalized spacial score (nSPS) is 17.6. The molecule has 0 bridgehead atoms. The standard InChI is InChI=1S/C21H20O3/c1-15-14-20(24-19-11-7-6-10-17(15)19)18(21(22)23-2)13-12-16-8-4-3-5-9-16/h3-14,18,20H,1-2H3/b13-12+/t18-,20+/m0/s1. The third kappa shape index (κ3) is 3.40. The van der Waals surface area contributed by atoms with Crippen molar-refractivity contribution in [2.45, 2.75) is 13.0 Å². The van der Waals surface area contributed by atoms with Gasteiger partial charge in [0.2, 0.25) is 0 Å². The Hall–Kier alpha value is -2.81. The number of fused-ring (bicyclic) bond motifs is 1. The van der Waals surface area contributed by atoms with E-state index in [1.165, 1.54) is 7.11 Å². The molecule has 0 fully saturated rings. The minimum Gasteiger partial charge on any atom is -0.484 e. The molecule has 0 aromatic heterocycles. The molecule has 2 atom stereocenters. The molecule has 24 heavy (non-hydrogen) atoms. The van der Waals surface area contributed by atoms with Gasteiger partial charge in [-0.3, -0.25) is 4.79 Å². The average molecular weight is 320 g/mol. The molecule has 0 radical (unpaired) electrons. The second-order valence-electron chi connectivity index (χ2n) is 5.75. The van der Waals surface area contributed by atoms with Crippen molar-refractivity contribution in [3.63, 3.8) is 0 Å². The molecule has 0 saturated heterocycles. The average Bonchev–Trinajstić information content (AvgIpc) is 2.62. The molecular formula is C21H20O3. The molecule has 3 heteroatoms. The summed E-state index contributed by atoms with van der Waals surface area (Å²) in [5.74, 6) is -0.0151. The molecule has 1 heterocycles. The lowest BCUT2D eigenvalue weighted by Crippen LogP contribution is -2.33. The molecule has 1 aliphatic rings. The van der Waals surface area contributed by atoms with Gasteiger partial charge in [0.1, 0.15) is 17.8 Å². The Bertz CT molecular complexity index is 775. The summed E-state index contributed by atoms with van der Waals surface area (Å²) in [7, 11) is 1.40. The second-order valence-corrected chi connectivity index (χ2v) is 5.75. The monoisotopic (exact) mass is 320 g/mol. The quantitative estimate of drug-likeness (QED) is 0.786. The lowest BCUT2D eigenvalue weighted by molar-refractivity contribution is -0.145. The molecule has 0 amide bonds. The number of allylic oxidation sites excluding steroid dienone is 1. The highest BCUT2D eigenvalue weighted by atomic mass is 16.5. The van der Waals surface area contributed by atoms with Crippen LogP contribution in [-0.4, -0.2) is 19.2 Å². The van der Waals surface area contributed by atoms with Crippen LogP contribution in [0.2, 0.25) is 0 Å². The van der Waals surface area contributed by atoms with Crippen LogP contribution in [0.3, 0.4) is 0 Å². The molecule has 0 aliphatic carbocycles. The molecule has 0 unspecified atom stereocenters. The summed E-state index contributed by atoms with van der Waals surface area (Å²) in [6.45, 7) is 2.03. The number of hydrogen-bond donors (Lipinski definition) is 0. The van der Waals surface area contributed by atoms with E-state index < -0.39 is 5.92 Å². The number of carbonyl (C=O) groups excluding carboxylic acids is 1. The highest BCUT2D eigenvalue weighted by molar-refractivity contribution is 5.79. The highest BCUT2D eigenvalue weighted by Gasteiger charge is 2.30. The third-order valence-corrected chi connectivity index (χ3v) is 4.11. The highest BCUT2D eigenvalue weighted by Crippen LogP contribution is 2.34. The van der Waals surface area contributed by atoms with Gasteiger partial charge in [0.15, 0.2) is 0 Å². The fourth-order valence-corrected chi connectivity index (χ4v) is 2.83. The van der Waals surface area contributed by atoms with Gasteiger partial charge in [-0.2, -0.15) is 0 Å². The first-order valence-electron chi connectivity index (χ1n) is 7.94. The Kier molecular flexibility index (Phi) is 4.80. The Morgan fingerprint density at radius 2 is 1.83 bits per heavy atom. The van der Waals surface area contributed by atoms with Crippen molar-refractivity contribution in [1.29, 1.82) is 0 Å². The van der Waals surface area contributed by atoms with E-state index in [1.54, 1.807) is 0 Å². The Labute approximate surface area is 142 Å². The maximum absolute atomic E-state index is 12.3. The SMILES string of the molecule is COC(=O)[C@@H](/C=C/c1ccccc1)[C@H]1C=C(C)c2ccccc2O1. The lowest BCUT2D eigenvalue weighted by Gasteiger charge is -2.27. The van der Waals surface area contributed by atoms with Crippen molar-refractivity contribution < 1.29 is 14.3 Å². The number of rotatable bonds is 4. The summed E-state index contributed by atoms with van der Waals surface area (Å²) in [6.07, 6.45) is 5.38. The summed E-state index contributed by atoms with van der Waals surface area (Å²) in [6, 6.07) is 17.7. The van der Waals surface area contributed by atoms with Gasteiger partial charge in [-0.1, -0.05) is 60.7 Å². The van der Waals surface area contributed by atoms with Crippen LogP contribution in [0.15, 0.2) is 66.7 Å². The molecule has 122 valence electrons. The zero-order valence-corrected chi connectivity index (χ0v) is 13.8. The first-order valence-corrected chi connectivity index (χ1v) is 7.94. The molecule has 3 rings (SSSR count). The summed E-state index contributed by atoms with van der Waals surface area (Å²) in [4.78, 5) is 12.3. The van der Waals surface area contributed by atoms with E-state index in [0.29, 0.717) is 0 Å². The van der Waals surface area contributed by atoms with Crippen LogP contribution in [0.1, 0.15) is 18.1 Å². The Morgan fingerprint density at radius 3 is 2.58 bits per heavy atom. The Morgan fingerprint density at radius 1 is 1.12 bits per heavy atom. The van der Waals surface area contributed by atoms with Crippen LogP contribution >= 0.6 is 0 Å². The fraction of sp³-hybridized carbons (Fsp3) is 0.190. The van der Waals surface area contributed by atoms with Crippen molar-refractivity contribution in [3.05, 3.63) is 77.9 Å².